The number of nitriles is 1. The topological polar surface area (TPSA) is 62.5 Å². The van der Waals surface area contributed by atoms with Crippen molar-refractivity contribution in [2.45, 2.75) is 25.6 Å². The molecule has 0 amide bonds. The van der Waals surface area contributed by atoms with Gasteiger partial charge in [0.25, 0.3) is 0 Å². The van der Waals surface area contributed by atoms with Gasteiger partial charge < -0.3 is 14.6 Å². The third kappa shape index (κ3) is 3.59. The van der Waals surface area contributed by atoms with Gasteiger partial charge in [-0.15, -0.1) is 0 Å². The zero-order chi connectivity index (χ0) is 16.8. The van der Waals surface area contributed by atoms with Crippen LogP contribution >= 0.6 is 0 Å². The molecule has 24 heavy (non-hydrogen) atoms. The predicted octanol–water partition coefficient (Wildman–Crippen LogP) is 3.62. The zero-order valence-corrected chi connectivity index (χ0v) is 13.5. The van der Waals surface area contributed by atoms with Crippen molar-refractivity contribution in [3.05, 3.63) is 65.7 Å². The first-order valence-corrected chi connectivity index (χ1v) is 8.17. The Morgan fingerprint density at radius 2 is 1.92 bits per heavy atom. The molecular weight excluding hydrogens is 302 g/mol. The SMILES string of the molecule is N#CC1(C(O)c2ccc(OCc3ccccc3)cc2)CCCOC1. The van der Waals surface area contributed by atoms with Crippen molar-refractivity contribution >= 4 is 0 Å². The second-order valence-electron chi connectivity index (χ2n) is 6.17. The lowest BCUT2D eigenvalue weighted by atomic mass is 9.76. The molecule has 1 N–H and O–H groups in total. The van der Waals surface area contributed by atoms with Crippen molar-refractivity contribution in [3.63, 3.8) is 0 Å². The molecule has 0 radical (unpaired) electrons. The van der Waals surface area contributed by atoms with Gasteiger partial charge in [-0.1, -0.05) is 42.5 Å². The van der Waals surface area contributed by atoms with Crippen molar-refractivity contribution in [3.8, 4) is 11.8 Å². The number of nitrogens with zero attached hydrogens (tertiary/aromatic N) is 1. The summed E-state index contributed by atoms with van der Waals surface area (Å²) in [5, 5.41) is 20.2. The number of benzene rings is 2. The summed E-state index contributed by atoms with van der Waals surface area (Å²) in [6.45, 7) is 1.43. The van der Waals surface area contributed by atoms with Crippen LogP contribution in [0.3, 0.4) is 0 Å². The average Bonchev–Trinajstić information content (AvgIpc) is 2.67. The average molecular weight is 323 g/mol. The Labute approximate surface area is 142 Å². The lowest BCUT2D eigenvalue weighted by molar-refractivity contribution is -0.0506. The van der Waals surface area contributed by atoms with E-state index in [0.29, 0.717) is 25.2 Å². The highest BCUT2D eigenvalue weighted by atomic mass is 16.5. The molecule has 1 heterocycles. The summed E-state index contributed by atoms with van der Waals surface area (Å²) in [6.07, 6.45) is 0.589. The van der Waals surface area contributed by atoms with Gasteiger partial charge in [0.2, 0.25) is 0 Å². The van der Waals surface area contributed by atoms with Gasteiger partial charge in [-0.05, 0) is 36.1 Å². The van der Waals surface area contributed by atoms with Crippen molar-refractivity contribution < 1.29 is 14.6 Å². The number of ether oxygens (including phenoxy) is 2. The number of hydrogen-bond donors (Lipinski definition) is 1. The van der Waals surface area contributed by atoms with E-state index in [2.05, 4.69) is 6.07 Å². The highest BCUT2D eigenvalue weighted by Gasteiger charge is 2.41. The Bertz CT molecular complexity index is 685. The Morgan fingerprint density at radius 1 is 1.17 bits per heavy atom. The normalized spacial score (nSPS) is 21.7. The largest absolute Gasteiger partial charge is 0.489 e. The molecule has 0 saturated carbocycles. The van der Waals surface area contributed by atoms with E-state index in [4.69, 9.17) is 9.47 Å². The summed E-state index contributed by atoms with van der Waals surface area (Å²) in [4.78, 5) is 0. The van der Waals surface area contributed by atoms with Gasteiger partial charge in [0, 0.05) is 6.61 Å². The lowest BCUT2D eigenvalue weighted by Gasteiger charge is -2.34. The van der Waals surface area contributed by atoms with Gasteiger partial charge in [0.05, 0.1) is 18.8 Å². The fourth-order valence-corrected chi connectivity index (χ4v) is 2.99. The minimum Gasteiger partial charge on any atom is -0.489 e. The summed E-state index contributed by atoms with van der Waals surface area (Å²) in [7, 11) is 0. The van der Waals surface area contributed by atoms with E-state index in [0.717, 1.165) is 17.7 Å². The maximum absolute atomic E-state index is 10.7. The smallest absolute Gasteiger partial charge is 0.119 e. The lowest BCUT2D eigenvalue weighted by Crippen LogP contribution is -2.36. The molecule has 3 rings (SSSR count). The van der Waals surface area contributed by atoms with Gasteiger partial charge in [-0.3, -0.25) is 0 Å². The highest BCUT2D eigenvalue weighted by Crippen LogP contribution is 2.40. The third-order valence-corrected chi connectivity index (χ3v) is 4.46. The van der Waals surface area contributed by atoms with E-state index in [1.54, 1.807) is 0 Å². The fourth-order valence-electron chi connectivity index (χ4n) is 2.99. The van der Waals surface area contributed by atoms with Crippen molar-refractivity contribution in [2.24, 2.45) is 5.41 Å². The van der Waals surface area contributed by atoms with Crippen molar-refractivity contribution in [1.29, 1.82) is 5.26 Å². The molecule has 1 saturated heterocycles. The molecule has 1 aliphatic heterocycles. The van der Waals surface area contributed by atoms with Gasteiger partial charge >= 0.3 is 0 Å². The minimum absolute atomic E-state index is 0.275. The van der Waals surface area contributed by atoms with Crippen LogP contribution in [0, 0.1) is 16.7 Å². The van der Waals surface area contributed by atoms with Gasteiger partial charge in [0.15, 0.2) is 0 Å². The van der Waals surface area contributed by atoms with E-state index in [-0.39, 0.29) is 6.61 Å². The van der Waals surface area contributed by atoms with Gasteiger partial charge in [0.1, 0.15) is 17.8 Å². The van der Waals surface area contributed by atoms with Crippen LogP contribution in [0.5, 0.6) is 5.75 Å². The van der Waals surface area contributed by atoms with E-state index < -0.39 is 11.5 Å². The van der Waals surface area contributed by atoms with Gasteiger partial charge in [-0.25, -0.2) is 0 Å². The molecule has 1 fully saturated rings. The summed E-state index contributed by atoms with van der Waals surface area (Å²) >= 11 is 0. The number of aliphatic hydroxyl groups is 1. The molecule has 2 aromatic rings. The first-order valence-electron chi connectivity index (χ1n) is 8.17. The Balaban J connectivity index is 1.66. The van der Waals surface area contributed by atoms with E-state index in [9.17, 15) is 10.4 Å². The second kappa shape index (κ2) is 7.48. The molecule has 1 aliphatic rings. The first kappa shape index (κ1) is 16.5. The minimum atomic E-state index is -0.856. The Kier molecular flexibility index (Phi) is 5.14. The van der Waals surface area contributed by atoms with Crippen LogP contribution in [0.1, 0.15) is 30.1 Å². The molecule has 2 atom stereocenters. The van der Waals surface area contributed by atoms with Gasteiger partial charge in [-0.2, -0.15) is 5.26 Å². The first-order chi connectivity index (χ1) is 11.7. The Morgan fingerprint density at radius 3 is 2.54 bits per heavy atom. The van der Waals surface area contributed by atoms with Crippen LogP contribution in [0.4, 0.5) is 0 Å². The zero-order valence-electron chi connectivity index (χ0n) is 13.5. The van der Waals surface area contributed by atoms with Crippen LogP contribution in [-0.2, 0) is 11.3 Å². The summed E-state index contributed by atoms with van der Waals surface area (Å²) < 4.78 is 11.2. The number of rotatable bonds is 5. The molecule has 4 nitrogen and oxygen atoms in total. The summed E-state index contributed by atoms with van der Waals surface area (Å²) in [6, 6.07) is 19.5. The number of hydrogen-bond acceptors (Lipinski definition) is 4. The van der Waals surface area contributed by atoms with E-state index in [1.807, 2.05) is 54.6 Å². The monoisotopic (exact) mass is 323 g/mol. The number of aliphatic hydroxyl groups excluding tert-OH is 1. The van der Waals surface area contributed by atoms with E-state index >= 15 is 0 Å². The standard InChI is InChI=1S/C20H21NO3/c21-14-20(11-4-12-23-15-20)19(22)17-7-9-18(10-8-17)24-13-16-5-2-1-3-6-16/h1-3,5-10,19,22H,4,11-13,15H2. The highest BCUT2D eigenvalue weighted by molar-refractivity contribution is 5.31. The molecular formula is C20H21NO3. The molecule has 0 aliphatic carbocycles. The van der Waals surface area contributed by atoms with Crippen molar-refractivity contribution in [1.82, 2.24) is 0 Å². The van der Waals surface area contributed by atoms with Crippen molar-refractivity contribution in [2.75, 3.05) is 13.2 Å². The van der Waals surface area contributed by atoms with Crippen LogP contribution in [0.2, 0.25) is 0 Å². The molecule has 4 heteroatoms. The molecule has 2 unspecified atom stereocenters. The van der Waals surface area contributed by atoms with Crippen LogP contribution in [0.15, 0.2) is 54.6 Å². The van der Waals surface area contributed by atoms with E-state index in [1.165, 1.54) is 0 Å². The predicted molar refractivity (Wildman–Crippen MR) is 90.3 cm³/mol. The van der Waals surface area contributed by atoms with Crippen LogP contribution in [0.25, 0.3) is 0 Å². The second-order valence-corrected chi connectivity index (χ2v) is 6.17. The molecule has 0 bridgehead atoms. The Hall–Kier alpha value is -2.35. The summed E-state index contributed by atoms with van der Waals surface area (Å²) in [5.74, 6) is 0.737. The summed E-state index contributed by atoms with van der Waals surface area (Å²) in [5.41, 5.74) is 0.962. The fraction of sp³-hybridized carbons (Fsp3) is 0.350. The maximum Gasteiger partial charge on any atom is 0.119 e. The third-order valence-electron chi connectivity index (χ3n) is 4.46. The van der Waals surface area contributed by atoms with Crippen LogP contribution in [-0.4, -0.2) is 18.3 Å². The molecule has 2 aromatic carbocycles. The quantitative estimate of drug-likeness (QED) is 0.913. The molecule has 0 aromatic heterocycles. The maximum atomic E-state index is 10.7. The molecule has 124 valence electrons. The molecule has 0 spiro atoms. The van der Waals surface area contributed by atoms with Crippen LogP contribution < -0.4 is 4.74 Å².